The molecule has 5 heteroatoms. The van der Waals surface area contributed by atoms with E-state index in [4.69, 9.17) is 23.1 Å². The number of amides is 1. The molecule has 0 atom stereocenters. The topological polar surface area (TPSA) is 81.1 Å². The molecule has 0 aromatic heterocycles. The Kier molecular flexibility index (Phi) is 3.92. The molecule has 0 spiro atoms. The minimum Gasteiger partial charge on any atom is -0.399 e. The number of carbonyl (C=O) groups excluding carboxylic acids is 1. The van der Waals surface area contributed by atoms with Crippen LogP contribution in [-0.4, -0.2) is 5.91 Å². The number of nitrogens with one attached hydrogen (secondary N) is 1. The second-order valence-electron chi connectivity index (χ2n) is 4.12. The summed E-state index contributed by atoms with van der Waals surface area (Å²) in [5.41, 5.74) is 13.5. The molecule has 0 radical (unpaired) electrons. The number of carbonyl (C=O) groups is 1. The van der Waals surface area contributed by atoms with Gasteiger partial charge in [-0.3, -0.25) is 4.79 Å². The number of benzene rings is 2. The molecule has 0 saturated heterocycles. The van der Waals surface area contributed by atoms with E-state index in [9.17, 15) is 4.79 Å². The van der Waals surface area contributed by atoms with Crippen LogP contribution in [-0.2, 0) is 6.54 Å². The maximum atomic E-state index is 12.0. The van der Waals surface area contributed by atoms with E-state index in [0.717, 1.165) is 5.56 Å². The molecule has 0 aliphatic carbocycles. The molecule has 1 amide bonds. The fourth-order valence-corrected chi connectivity index (χ4v) is 1.90. The number of rotatable bonds is 3. The van der Waals surface area contributed by atoms with Gasteiger partial charge in [0.2, 0.25) is 0 Å². The highest BCUT2D eigenvalue weighted by molar-refractivity contribution is 6.31. The summed E-state index contributed by atoms with van der Waals surface area (Å²) >= 11 is 6.01. The van der Waals surface area contributed by atoms with Gasteiger partial charge in [-0.2, -0.15) is 0 Å². The Bertz CT molecular complexity index is 613. The van der Waals surface area contributed by atoms with Crippen molar-refractivity contribution < 1.29 is 4.79 Å². The molecule has 2 rings (SSSR count). The number of nitrogen functional groups attached to an aromatic ring is 2. The summed E-state index contributed by atoms with van der Waals surface area (Å²) in [4.78, 5) is 12.0. The second kappa shape index (κ2) is 5.63. The molecule has 0 fully saturated rings. The monoisotopic (exact) mass is 275 g/mol. The molecule has 0 heterocycles. The van der Waals surface area contributed by atoms with E-state index in [1.54, 1.807) is 24.3 Å². The average Bonchev–Trinajstić information content (AvgIpc) is 2.37. The molecule has 0 aliphatic heterocycles. The van der Waals surface area contributed by atoms with Gasteiger partial charge >= 0.3 is 0 Å². The van der Waals surface area contributed by atoms with Crippen molar-refractivity contribution in [2.45, 2.75) is 6.54 Å². The van der Waals surface area contributed by atoms with Crippen molar-refractivity contribution in [3.8, 4) is 0 Å². The summed E-state index contributed by atoms with van der Waals surface area (Å²) in [5.74, 6) is -0.252. The lowest BCUT2D eigenvalue weighted by Crippen LogP contribution is -2.24. The molecule has 98 valence electrons. The molecule has 4 nitrogen and oxygen atoms in total. The summed E-state index contributed by atoms with van der Waals surface area (Å²) < 4.78 is 0. The Hall–Kier alpha value is -2.20. The molecule has 5 N–H and O–H groups in total. The van der Waals surface area contributed by atoms with Gasteiger partial charge < -0.3 is 16.8 Å². The fourth-order valence-electron chi connectivity index (χ4n) is 1.70. The van der Waals surface area contributed by atoms with E-state index < -0.39 is 0 Å². The highest BCUT2D eigenvalue weighted by Crippen LogP contribution is 2.17. The Morgan fingerprint density at radius 3 is 2.58 bits per heavy atom. The minimum atomic E-state index is -0.252. The third-order valence-electron chi connectivity index (χ3n) is 2.72. The molecule has 19 heavy (non-hydrogen) atoms. The van der Waals surface area contributed by atoms with Crippen LogP contribution in [0.25, 0.3) is 0 Å². The first-order valence-electron chi connectivity index (χ1n) is 5.74. The van der Waals surface area contributed by atoms with E-state index in [1.807, 2.05) is 18.2 Å². The molecule has 2 aromatic carbocycles. The van der Waals surface area contributed by atoms with Crippen LogP contribution in [0.4, 0.5) is 11.4 Å². The van der Waals surface area contributed by atoms with Gasteiger partial charge in [-0.05, 0) is 29.8 Å². The molecule has 0 bridgehead atoms. The lowest BCUT2D eigenvalue weighted by molar-refractivity contribution is 0.0952. The first kappa shape index (κ1) is 13.2. The summed E-state index contributed by atoms with van der Waals surface area (Å²) in [7, 11) is 0. The number of hydrogen-bond acceptors (Lipinski definition) is 3. The van der Waals surface area contributed by atoms with Gasteiger partial charge in [0.05, 0.1) is 5.56 Å². The van der Waals surface area contributed by atoms with Crippen LogP contribution in [0.15, 0.2) is 42.5 Å². The van der Waals surface area contributed by atoms with Gasteiger partial charge in [0.15, 0.2) is 0 Å². The van der Waals surface area contributed by atoms with Gasteiger partial charge in [-0.1, -0.05) is 29.8 Å². The Balaban J connectivity index is 2.08. The highest BCUT2D eigenvalue weighted by atomic mass is 35.5. The van der Waals surface area contributed by atoms with Crippen LogP contribution < -0.4 is 16.8 Å². The van der Waals surface area contributed by atoms with E-state index >= 15 is 0 Å². The molecule has 0 unspecified atom stereocenters. The van der Waals surface area contributed by atoms with Gasteiger partial charge in [0, 0.05) is 22.9 Å². The maximum absolute atomic E-state index is 12.0. The summed E-state index contributed by atoms with van der Waals surface area (Å²) in [6.07, 6.45) is 0. The Morgan fingerprint density at radius 1 is 1.16 bits per heavy atom. The zero-order valence-corrected chi connectivity index (χ0v) is 10.9. The number of hydrogen-bond donors (Lipinski definition) is 3. The van der Waals surface area contributed by atoms with Crippen LogP contribution >= 0.6 is 11.6 Å². The zero-order valence-electron chi connectivity index (χ0n) is 10.2. The third-order valence-corrected chi connectivity index (χ3v) is 3.09. The van der Waals surface area contributed by atoms with Crippen molar-refractivity contribution in [3.63, 3.8) is 0 Å². The van der Waals surface area contributed by atoms with Crippen molar-refractivity contribution in [3.05, 3.63) is 58.6 Å². The van der Waals surface area contributed by atoms with Gasteiger partial charge in [0.1, 0.15) is 0 Å². The van der Waals surface area contributed by atoms with Crippen molar-refractivity contribution in [1.82, 2.24) is 5.32 Å². The molecule has 0 saturated carbocycles. The highest BCUT2D eigenvalue weighted by Gasteiger charge is 2.10. The first-order valence-corrected chi connectivity index (χ1v) is 6.12. The van der Waals surface area contributed by atoms with Crippen molar-refractivity contribution in [1.29, 1.82) is 0 Å². The van der Waals surface area contributed by atoms with E-state index in [-0.39, 0.29) is 5.91 Å². The van der Waals surface area contributed by atoms with E-state index in [1.165, 1.54) is 0 Å². The van der Waals surface area contributed by atoms with Crippen molar-refractivity contribution in [2.24, 2.45) is 0 Å². The van der Waals surface area contributed by atoms with E-state index in [0.29, 0.717) is 28.5 Å². The number of halogens is 1. The van der Waals surface area contributed by atoms with Crippen LogP contribution in [0.3, 0.4) is 0 Å². The maximum Gasteiger partial charge on any atom is 0.253 e. The van der Waals surface area contributed by atoms with Gasteiger partial charge in [-0.25, -0.2) is 0 Å². The quantitative estimate of drug-likeness (QED) is 0.753. The molecule has 2 aromatic rings. The van der Waals surface area contributed by atoms with Crippen molar-refractivity contribution >= 4 is 28.9 Å². The molecular formula is C14H14ClN3O. The predicted molar refractivity (Wildman–Crippen MR) is 77.9 cm³/mol. The zero-order chi connectivity index (χ0) is 13.8. The standard InChI is InChI=1S/C14H14ClN3O/c15-12-4-2-1-3-9(12)8-18-14(19)11-6-5-10(16)7-13(11)17/h1-7H,8,16-17H2,(H,18,19). The van der Waals surface area contributed by atoms with Gasteiger partial charge in [-0.15, -0.1) is 0 Å². The number of anilines is 2. The first-order chi connectivity index (χ1) is 9.08. The van der Waals surface area contributed by atoms with Crippen LogP contribution in [0, 0.1) is 0 Å². The Labute approximate surface area is 116 Å². The largest absolute Gasteiger partial charge is 0.399 e. The fraction of sp³-hybridized carbons (Fsp3) is 0.0714. The van der Waals surface area contributed by atoms with E-state index in [2.05, 4.69) is 5.32 Å². The SMILES string of the molecule is Nc1ccc(C(=O)NCc2ccccc2Cl)c(N)c1. The smallest absolute Gasteiger partial charge is 0.253 e. The lowest BCUT2D eigenvalue weighted by atomic mass is 10.1. The summed E-state index contributed by atoms with van der Waals surface area (Å²) in [5, 5.41) is 3.39. The lowest BCUT2D eigenvalue weighted by Gasteiger charge is -2.09. The molecular weight excluding hydrogens is 262 g/mol. The Morgan fingerprint density at radius 2 is 1.89 bits per heavy atom. The average molecular weight is 276 g/mol. The summed E-state index contributed by atoms with van der Waals surface area (Å²) in [6, 6.07) is 12.1. The van der Waals surface area contributed by atoms with Crippen LogP contribution in [0.1, 0.15) is 15.9 Å². The van der Waals surface area contributed by atoms with Crippen LogP contribution in [0.5, 0.6) is 0 Å². The minimum absolute atomic E-state index is 0.252. The number of nitrogens with two attached hydrogens (primary N) is 2. The predicted octanol–water partition coefficient (Wildman–Crippen LogP) is 2.43. The summed E-state index contributed by atoms with van der Waals surface area (Å²) in [6.45, 7) is 0.350. The van der Waals surface area contributed by atoms with Crippen LogP contribution in [0.2, 0.25) is 5.02 Å². The second-order valence-corrected chi connectivity index (χ2v) is 4.53. The van der Waals surface area contributed by atoms with Crippen molar-refractivity contribution in [2.75, 3.05) is 11.5 Å². The van der Waals surface area contributed by atoms with Gasteiger partial charge in [0.25, 0.3) is 5.91 Å². The molecule has 0 aliphatic rings. The normalized spacial score (nSPS) is 10.2. The third kappa shape index (κ3) is 3.17.